The Balaban J connectivity index is 1.52. The number of anilines is 1. The molecule has 0 bridgehead atoms. The summed E-state index contributed by atoms with van der Waals surface area (Å²) >= 11 is 16.8. The number of nitrogens with zero attached hydrogens (tertiary/aromatic N) is 2. The maximum Gasteiger partial charge on any atom is 0.174 e. The molecule has 32 heavy (non-hydrogen) atoms. The standard InChI is InChI=1S/C24H17BrClN3OS2/c25-15-4-8-17(9-5-15)29-23(22(28-24(29)31)19-3-1-2-14-27-19)20-12-13-21(30-20)32-18-10-6-16(26)7-11-18/h1-14,22-23H,(H,28,31)/t22-,23-/m0/s1. The molecule has 1 saturated heterocycles. The van der Waals surface area contributed by atoms with Crippen molar-refractivity contribution in [2.75, 3.05) is 4.90 Å². The quantitative estimate of drug-likeness (QED) is 0.265. The van der Waals surface area contributed by atoms with E-state index in [-0.39, 0.29) is 12.1 Å². The van der Waals surface area contributed by atoms with E-state index in [1.54, 1.807) is 18.0 Å². The Morgan fingerprint density at radius 3 is 2.50 bits per heavy atom. The molecule has 3 heterocycles. The highest BCUT2D eigenvalue weighted by molar-refractivity contribution is 9.10. The number of rotatable bonds is 5. The summed E-state index contributed by atoms with van der Waals surface area (Å²) in [6, 6.07) is 25.4. The van der Waals surface area contributed by atoms with E-state index < -0.39 is 0 Å². The summed E-state index contributed by atoms with van der Waals surface area (Å²) in [6.07, 6.45) is 1.80. The van der Waals surface area contributed by atoms with Crippen LogP contribution in [-0.2, 0) is 0 Å². The van der Waals surface area contributed by atoms with E-state index in [0.717, 1.165) is 31.6 Å². The number of aromatic nitrogens is 1. The molecule has 0 saturated carbocycles. The lowest BCUT2D eigenvalue weighted by Gasteiger charge is -2.26. The molecular weight excluding hydrogens is 526 g/mol. The second kappa shape index (κ2) is 9.27. The molecule has 5 rings (SSSR count). The van der Waals surface area contributed by atoms with Gasteiger partial charge in [0.15, 0.2) is 10.2 Å². The highest BCUT2D eigenvalue weighted by atomic mass is 79.9. The van der Waals surface area contributed by atoms with Crippen LogP contribution >= 0.6 is 51.5 Å². The van der Waals surface area contributed by atoms with Gasteiger partial charge in [0.1, 0.15) is 11.8 Å². The van der Waals surface area contributed by atoms with Crippen LogP contribution in [0.25, 0.3) is 0 Å². The second-order valence-electron chi connectivity index (χ2n) is 7.19. The zero-order valence-electron chi connectivity index (χ0n) is 16.6. The number of pyridine rings is 1. The molecule has 4 aromatic rings. The third-order valence-electron chi connectivity index (χ3n) is 5.13. The van der Waals surface area contributed by atoms with Gasteiger partial charge in [0.25, 0.3) is 0 Å². The Morgan fingerprint density at radius 1 is 1.00 bits per heavy atom. The molecule has 0 radical (unpaired) electrons. The number of halogens is 2. The van der Waals surface area contributed by atoms with Crippen LogP contribution in [0.15, 0.2) is 104 Å². The van der Waals surface area contributed by atoms with Crippen LogP contribution in [0.5, 0.6) is 0 Å². The van der Waals surface area contributed by atoms with Crippen LogP contribution in [0.1, 0.15) is 23.5 Å². The van der Waals surface area contributed by atoms with Crippen LogP contribution in [0.4, 0.5) is 5.69 Å². The summed E-state index contributed by atoms with van der Waals surface area (Å²) in [7, 11) is 0. The van der Waals surface area contributed by atoms with Crippen molar-refractivity contribution in [1.82, 2.24) is 10.3 Å². The van der Waals surface area contributed by atoms with Crippen LogP contribution in [0.2, 0.25) is 5.02 Å². The minimum absolute atomic E-state index is 0.146. The molecule has 2 atom stereocenters. The fourth-order valence-electron chi connectivity index (χ4n) is 3.69. The first-order valence-corrected chi connectivity index (χ1v) is 12.3. The van der Waals surface area contributed by atoms with Crippen LogP contribution in [0.3, 0.4) is 0 Å². The molecule has 0 unspecified atom stereocenters. The van der Waals surface area contributed by atoms with E-state index in [9.17, 15) is 0 Å². The van der Waals surface area contributed by atoms with E-state index in [1.165, 1.54) is 0 Å². The van der Waals surface area contributed by atoms with Crippen molar-refractivity contribution in [3.63, 3.8) is 0 Å². The van der Waals surface area contributed by atoms with Gasteiger partial charge in [-0.25, -0.2) is 0 Å². The Bertz CT molecular complexity index is 1230. The first kappa shape index (κ1) is 21.5. The van der Waals surface area contributed by atoms with E-state index >= 15 is 0 Å². The highest BCUT2D eigenvalue weighted by Crippen LogP contribution is 2.43. The van der Waals surface area contributed by atoms with Gasteiger partial charge >= 0.3 is 0 Å². The van der Waals surface area contributed by atoms with E-state index in [1.807, 2.05) is 78.9 Å². The topological polar surface area (TPSA) is 41.3 Å². The largest absolute Gasteiger partial charge is 0.452 e. The lowest BCUT2D eigenvalue weighted by Crippen LogP contribution is -2.29. The number of nitrogens with one attached hydrogen (secondary N) is 1. The molecule has 0 amide bonds. The molecule has 1 aliphatic rings. The average Bonchev–Trinajstić information content (AvgIpc) is 3.40. The molecule has 160 valence electrons. The summed E-state index contributed by atoms with van der Waals surface area (Å²) < 4.78 is 7.34. The molecule has 4 nitrogen and oxygen atoms in total. The maximum absolute atomic E-state index is 6.33. The van der Waals surface area contributed by atoms with Gasteiger partial charge in [-0.05, 0) is 85.0 Å². The SMILES string of the molecule is S=C1N[C@@H](c2ccccn2)[C@H](c2ccc(Sc3ccc(Cl)cc3)o2)N1c1ccc(Br)cc1. The Labute approximate surface area is 209 Å². The maximum atomic E-state index is 6.33. The fourth-order valence-corrected chi connectivity index (χ4v) is 5.21. The van der Waals surface area contributed by atoms with Crippen LogP contribution in [-0.4, -0.2) is 10.1 Å². The van der Waals surface area contributed by atoms with Gasteiger partial charge in [-0.1, -0.05) is 45.4 Å². The Kier molecular flexibility index (Phi) is 6.24. The third-order valence-corrected chi connectivity index (χ3v) is 7.15. The van der Waals surface area contributed by atoms with Crippen molar-refractivity contribution >= 4 is 62.3 Å². The van der Waals surface area contributed by atoms with Crippen molar-refractivity contribution < 1.29 is 4.42 Å². The van der Waals surface area contributed by atoms with Crippen molar-refractivity contribution in [3.05, 3.63) is 106 Å². The summed E-state index contributed by atoms with van der Waals surface area (Å²) in [5.74, 6) is 0.812. The molecule has 1 N–H and O–H groups in total. The second-order valence-corrected chi connectivity index (χ2v) is 10.0. The monoisotopic (exact) mass is 541 g/mol. The van der Waals surface area contributed by atoms with Gasteiger partial charge in [0, 0.05) is 26.3 Å². The molecule has 2 aromatic heterocycles. The lowest BCUT2D eigenvalue weighted by molar-refractivity contribution is 0.383. The van der Waals surface area contributed by atoms with E-state index in [4.69, 9.17) is 28.2 Å². The molecule has 1 fully saturated rings. The van der Waals surface area contributed by atoms with Gasteiger partial charge in [-0.3, -0.25) is 4.98 Å². The molecular formula is C24H17BrClN3OS2. The lowest BCUT2D eigenvalue weighted by atomic mass is 10.0. The first-order valence-electron chi connectivity index (χ1n) is 9.88. The molecule has 8 heteroatoms. The number of thiocarbonyl (C=S) groups is 1. The van der Waals surface area contributed by atoms with Crippen molar-refractivity contribution in [2.24, 2.45) is 0 Å². The van der Waals surface area contributed by atoms with Crippen molar-refractivity contribution in [2.45, 2.75) is 22.1 Å². The Morgan fingerprint density at radius 2 is 1.78 bits per heavy atom. The smallest absolute Gasteiger partial charge is 0.174 e. The van der Waals surface area contributed by atoms with Crippen LogP contribution in [0, 0.1) is 0 Å². The zero-order valence-corrected chi connectivity index (χ0v) is 20.6. The van der Waals surface area contributed by atoms with Gasteiger partial charge in [0.2, 0.25) is 0 Å². The van der Waals surface area contributed by atoms with Gasteiger partial charge < -0.3 is 14.6 Å². The zero-order chi connectivity index (χ0) is 22.1. The predicted molar refractivity (Wildman–Crippen MR) is 136 cm³/mol. The summed E-state index contributed by atoms with van der Waals surface area (Å²) in [4.78, 5) is 7.73. The summed E-state index contributed by atoms with van der Waals surface area (Å²) in [5.41, 5.74) is 1.89. The third kappa shape index (κ3) is 4.43. The van der Waals surface area contributed by atoms with Gasteiger partial charge in [-0.2, -0.15) is 0 Å². The molecule has 0 spiro atoms. The molecule has 2 aromatic carbocycles. The van der Waals surface area contributed by atoms with E-state index in [0.29, 0.717) is 10.1 Å². The number of hydrogen-bond donors (Lipinski definition) is 1. The first-order chi connectivity index (χ1) is 15.6. The van der Waals surface area contributed by atoms with Gasteiger partial charge in [-0.15, -0.1) is 0 Å². The highest BCUT2D eigenvalue weighted by Gasteiger charge is 2.42. The number of hydrogen-bond acceptors (Lipinski definition) is 4. The summed E-state index contributed by atoms with van der Waals surface area (Å²) in [6.45, 7) is 0. The predicted octanol–water partition coefficient (Wildman–Crippen LogP) is 7.42. The minimum atomic E-state index is -0.182. The van der Waals surface area contributed by atoms with Crippen LogP contribution < -0.4 is 10.2 Å². The number of benzene rings is 2. The van der Waals surface area contributed by atoms with E-state index in [2.05, 4.69) is 31.1 Å². The number of furan rings is 1. The van der Waals surface area contributed by atoms with Crippen molar-refractivity contribution in [1.29, 1.82) is 0 Å². The average molecular weight is 543 g/mol. The van der Waals surface area contributed by atoms with Crippen molar-refractivity contribution in [3.8, 4) is 0 Å². The summed E-state index contributed by atoms with van der Waals surface area (Å²) in [5, 5.41) is 5.60. The minimum Gasteiger partial charge on any atom is -0.452 e. The van der Waals surface area contributed by atoms with Gasteiger partial charge in [0.05, 0.1) is 11.7 Å². The fraction of sp³-hybridized carbons (Fsp3) is 0.0833. The normalized spacial score (nSPS) is 18.1. The molecule has 1 aliphatic heterocycles. The molecule has 0 aliphatic carbocycles. The Hall–Kier alpha value is -2.32.